The molecule has 0 radical (unpaired) electrons. The molecular formula is C10H16N4O4. The molecule has 1 amide bonds. The van der Waals surface area contributed by atoms with Crippen molar-refractivity contribution in [3.63, 3.8) is 0 Å². The summed E-state index contributed by atoms with van der Waals surface area (Å²) < 4.78 is 4.58. The summed E-state index contributed by atoms with van der Waals surface area (Å²) in [7, 11) is 1.22. The summed E-state index contributed by atoms with van der Waals surface area (Å²) in [5.74, 6) is -1.21. The van der Waals surface area contributed by atoms with E-state index in [1.165, 1.54) is 19.6 Å². The molecule has 18 heavy (non-hydrogen) atoms. The Balaban J connectivity index is 2.67. The molecule has 1 aromatic heterocycles. The molecule has 5 N–H and O–H groups in total. The topological polar surface area (TPSA) is 130 Å². The largest absolute Gasteiger partial charge is 0.467 e. The smallest absolute Gasteiger partial charge is 0.328 e. The number of methoxy groups -OCH3 is 1. The summed E-state index contributed by atoms with van der Waals surface area (Å²) in [5, 5.41) is 11.2. The molecule has 0 saturated carbocycles. The third kappa shape index (κ3) is 3.82. The van der Waals surface area contributed by atoms with Crippen molar-refractivity contribution in [2.45, 2.75) is 18.5 Å². The molecule has 100 valence electrons. The van der Waals surface area contributed by atoms with Crippen LogP contribution in [0.3, 0.4) is 0 Å². The van der Waals surface area contributed by atoms with Crippen LogP contribution in [0.15, 0.2) is 12.5 Å². The molecule has 0 aliphatic carbocycles. The Morgan fingerprint density at radius 2 is 2.39 bits per heavy atom. The Morgan fingerprint density at radius 1 is 1.67 bits per heavy atom. The van der Waals surface area contributed by atoms with Crippen molar-refractivity contribution in [2.75, 3.05) is 13.7 Å². The van der Waals surface area contributed by atoms with Crippen molar-refractivity contribution in [1.29, 1.82) is 0 Å². The van der Waals surface area contributed by atoms with E-state index >= 15 is 0 Å². The van der Waals surface area contributed by atoms with Gasteiger partial charge in [0, 0.05) is 18.3 Å². The van der Waals surface area contributed by atoms with E-state index in [9.17, 15) is 9.59 Å². The number of esters is 1. The fourth-order valence-corrected chi connectivity index (χ4v) is 1.31. The molecule has 0 fully saturated rings. The molecule has 2 atom stereocenters. The number of carbonyl (C=O) groups excluding carboxylic acids is 2. The zero-order chi connectivity index (χ0) is 13.5. The van der Waals surface area contributed by atoms with Gasteiger partial charge in [-0.1, -0.05) is 0 Å². The molecule has 1 aromatic rings. The second kappa shape index (κ2) is 6.72. The van der Waals surface area contributed by atoms with Crippen LogP contribution < -0.4 is 11.1 Å². The van der Waals surface area contributed by atoms with Gasteiger partial charge in [0.05, 0.1) is 20.0 Å². The number of aromatic amines is 1. The first-order valence-electron chi connectivity index (χ1n) is 5.30. The van der Waals surface area contributed by atoms with Crippen LogP contribution in [0.1, 0.15) is 5.69 Å². The number of nitrogens with zero attached hydrogens (tertiary/aromatic N) is 1. The summed E-state index contributed by atoms with van der Waals surface area (Å²) in [6.07, 6.45) is 3.20. The number of rotatable bonds is 6. The number of aliphatic hydroxyl groups excluding tert-OH is 1. The highest BCUT2D eigenvalue weighted by atomic mass is 16.5. The number of aromatic nitrogens is 2. The van der Waals surface area contributed by atoms with E-state index in [4.69, 9.17) is 10.8 Å². The van der Waals surface area contributed by atoms with Crippen LogP contribution in [-0.2, 0) is 20.7 Å². The van der Waals surface area contributed by atoms with Crippen molar-refractivity contribution < 1.29 is 19.4 Å². The van der Waals surface area contributed by atoms with Crippen molar-refractivity contribution in [3.8, 4) is 0 Å². The van der Waals surface area contributed by atoms with E-state index in [0.29, 0.717) is 5.69 Å². The minimum atomic E-state index is -1.07. The number of amides is 1. The lowest BCUT2D eigenvalue weighted by atomic mass is 10.1. The number of aliphatic hydroxyl groups is 1. The van der Waals surface area contributed by atoms with Crippen LogP contribution in [-0.4, -0.2) is 52.8 Å². The minimum Gasteiger partial charge on any atom is -0.467 e. The quantitative estimate of drug-likeness (QED) is 0.432. The highest BCUT2D eigenvalue weighted by Crippen LogP contribution is 2.00. The number of nitrogens with two attached hydrogens (primary N) is 1. The van der Waals surface area contributed by atoms with E-state index in [2.05, 4.69) is 20.0 Å². The Morgan fingerprint density at radius 3 is 2.89 bits per heavy atom. The molecule has 0 aromatic carbocycles. The first kappa shape index (κ1) is 14.1. The summed E-state index contributed by atoms with van der Waals surface area (Å²) in [6.45, 7) is -0.496. The van der Waals surface area contributed by atoms with E-state index in [0.717, 1.165) is 0 Å². The monoisotopic (exact) mass is 256 g/mol. The highest BCUT2D eigenvalue weighted by molar-refractivity contribution is 5.87. The second-order valence-corrected chi connectivity index (χ2v) is 3.65. The van der Waals surface area contributed by atoms with E-state index < -0.39 is 30.6 Å². The predicted molar refractivity (Wildman–Crippen MR) is 61.3 cm³/mol. The lowest BCUT2D eigenvalue weighted by molar-refractivity contribution is -0.145. The molecule has 0 saturated heterocycles. The van der Waals surface area contributed by atoms with Gasteiger partial charge in [-0.15, -0.1) is 0 Å². The summed E-state index contributed by atoms with van der Waals surface area (Å²) in [5.41, 5.74) is 6.02. The maximum absolute atomic E-state index is 11.5. The maximum Gasteiger partial charge on any atom is 0.328 e. The Kier molecular flexibility index (Phi) is 5.28. The van der Waals surface area contributed by atoms with Gasteiger partial charge in [-0.3, -0.25) is 4.79 Å². The summed E-state index contributed by atoms with van der Waals surface area (Å²) >= 11 is 0. The molecule has 0 unspecified atom stereocenters. The molecule has 8 nitrogen and oxygen atoms in total. The molecule has 1 rings (SSSR count). The number of nitrogens with one attached hydrogen (secondary N) is 2. The zero-order valence-electron chi connectivity index (χ0n) is 9.92. The highest BCUT2D eigenvalue weighted by Gasteiger charge is 2.24. The third-order valence-corrected chi connectivity index (χ3v) is 2.31. The normalized spacial score (nSPS) is 13.7. The average molecular weight is 256 g/mol. The number of H-pyrrole nitrogens is 1. The van der Waals surface area contributed by atoms with Gasteiger partial charge in [0.25, 0.3) is 0 Å². The average Bonchev–Trinajstić information content (AvgIpc) is 2.88. The van der Waals surface area contributed by atoms with E-state index in [1.807, 2.05) is 0 Å². The number of ether oxygens (including phenoxy) is 1. The third-order valence-electron chi connectivity index (χ3n) is 2.31. The fourth-order valence-electron chi connectivity index (χ4n) is 1.31. The number of carbonyl (C=O) groups is 2. The minimum absolute atomic E-state index is 0.205. The van der Waals surface area contributed by atoms with Crippen LogP contribution in [0, 0.1) is 0 Å². The van der Waals surface area contributed by atoms with Gasteiger partial charge in [-0.2, -0.15) is 0 Å². The Hall–Kier alpha value is -1.93. The zero-order valence-corrected chi connectivity index (χ0v) is 9.92. The second-order valence-electron chi connectivity index (χ2n) is 3.65. The molecule has 0 spiro atoms. The Bertz CT molecular complexity index is 393. The number of hydrogen-bond donors (Lipinski definition) is 4. The lowest BCUT2D eigenvalue weighted by Crippen LogP contribution is -2.50. The van der Waals surface area contributed by atoms with Gasteiger partial charge in [0.1, 0.15) is 12.1 Å². The lowest BCUT2D eigenvalue weighted by Gasteiger charge is -2.17. The summed E-state index contributed by atoms with van der Waals surface area (Å²) in [6, 6.07) is -1.94. The molecule has 0 aliphatic heterocycles. The first-order chi connectivity index (χ1) is 8.58. The Labute approximate surface area is 104 Å². The fraction of sp³-hybridized carbons (Fsp3) is 0.500. The maximum atomic E-state index is 11.5. The standard InChI is InChI=1S/C10H16N4O4/c1-18-10(17)8(2-6-3-12-5-13-6)14-9(16)7(11)4-15/h3,5,7-8,15H,2,4,11H2,1H3,(H,12,13)(H,14,16)/t7-,8+/m0/s1. The van der Waals surface area contributed by atoms with Crippen LogP contribution in [0.5, 0.6) is 0 Å². The van der Waals surface area contributed by atoms with Gasteiger partial charge in [0.2, 0.25) is 5.91 Å². The van der Waals surface area contributed by atoms with Crippen LogP contribution >= 0.6 is 0 Å². The van der Waals surface area contributed by atoms with Gasteiger partial charge in [-0.25, -0.2) is 9.78 Å². The first-order valence-corrected chi connectivity index (χ1v) is 5.30. The molecule has 0 aliphatic rings. The van der Waals surface area contributed by atoms with Crippen LogP contribution in [0.4, 0.5) is 0 Å². The molecular weight excluding hydrogens is 240 g/mol. The van der Waals surface area contributed by atoms with Gasteiger partial charge in [-0.05, 0) is 0 Å². The van der Waals surface area contributed by atoms with Gasteiger partial charge < -0.3 is 25.9 Å². The predicted octanol–water partition coefficient (Wildman–Crippen LogP) is -2.07. The summed E-state index contributed by atoms with van der Waals surface area (Å²) in [4.78, 5) is 29.6. The van der Waals surface area contributed by atoms with Crippen molar-refractivity contribution in [2.24, 2.45) is 5.73 Å². The molecule has 8 heteroatoms. The van der Waals surface area contributed by atoms with Crippen molar-refractivity contribution in [1.82, 2.24) is 15.3 Å². The molecule has 0 bridgehead atoms. The van der Waals surface area contributed by atoms with Crippen molar-refractivity contribution in [3.05, 3.63) is 18.2 Å². The van der Waals surface area contributed by atoms with Gasteiger partial charge >= 0.3 is 5.97 Å². The van der Waals surface area contributed by atoms with Crippen LogP contribution in [0.2, 0.25) is 0 Å². The van der Waals surface area contributed by atoms with E-state index in [1.54, 1.807) is 0 Å². The molecule has 1 heterocycles. The SMILES string of the molecule is COC(=O)[C@@H](Cc1cnc[nH]1)NC(=O)[C@@H](N)CO. The van der Waals surface area contributed by atoms with E-state index in [-0.39, 0.29) is 6.42 Å². The van der Waals surface area contributed by atoms with Gasteiger partial charge in [0.15, 0.2) is 0 Å². The van der Waals surface area contributed by atoms with Crippen molar-refractivity contribution >= 4 is 11.9 Å². The number of imidazole rings is 1. The number of hydrogen-bond acceptors (Lipinski definition) is 6. The van der Waals surface area contributed by atoms with Crippen LogP contribution in [0.25, 0.3) is 0 Å².